The number of aromatic nitrogens is 2. The molecule has 0 N–H and O–H groups in total. The van der Waals surface area contributed by atoms with E-state index in [9.17, 15) is 4.79 Å². The van der Waals surface area contributed by atoms with Gasteiger partial charge in [-0.1, -0.05) is 48.2 Å². The lowest BCUT2D eigenvalue weighted by atomic mass is 10.0. The van der Waals surface area contributed by atoms with Crippen LogP contribution in [0.15, 0.2) is 64.2 Å². The fourth-order valence-electron chi connectivity index (χ4n) is 4.10. The van der Waals surface area contributed by atoms with Crippen molar-refractivity contribution < 1.29 is 23.4 Å². The van der Waals surface area contributed by atoms with Crippen LogP contribution in [-0.2, 0) is 6.42 Å². The first-order valence-corrected chi connectivity index (χ1v) is 11.6. The molecular formula is C26H22N2O5S. The summed E-state index contributed by atoms with van der Waals surface area (Å²) in [7, 11) is 4.62. The third kappa shape index (κ3) is 4.01. The van der Waals surface area contributed by atoms with E-state index >= 15 is 0 Å². The average Bonchev–Trinajstić information content (AvgIpc) is 3.50. The van der Waals surface area contributed by atoms with Crippen molar-refractivity contribution in [2.75, 3.05) is 27.1 Å². The molecule has 1 heterocycles. The Morgan fingerprint density at radius 3 is 2.38 bits per heavy atom. The van der Waals surface area contributed by atoms with Gasteiger partial charge in [0.1, 0.15) is 0 Å². The summed E-state index contributed by atoms with van der Waals surface area (Å²) in [6, 6.07) is 17.7. The Morgan fingerprint density at radius 2 is 1.65 bits per heavy atom. The zero-order chi connectivity index (χ0) is 23.7. The van der Waals surface area contributed by atoms with Gasteiger partial charge in [-0.05, 0) is 46.9 Å². The zero-order valence-electron chi connectivity index (χ0n) is 19.0. The molecule has 5 rings (SSSR count). The predicted molar refractivity (Wildman–Crippen MR) is 129 cm³/mol. The van der Waals surface area contributed by atoms with E-state index in [0.717, 1.165) is 12.0 Å². The largest absolute Gasteiger partial charge is 0.493 e. The summed E-state index contributed by atoms with van der Waals surface area (Å²) in [6.45, 7) is 0. The minimum Gasteiger partial charge on any atom is -0.493 e. The van der Waals surface area contributed by atoms with Gasteiger partial charge in [-0.2, -0.15) is 0 Å². The van der Waals surface area contributed by atoms with E-state index in [0.29, 0.717) is 39.5 Å². The van der Waals surface area contributed by atoms with Crippen LogP contribution in [0.3, 0.4) is 0 Å². The van der Waals surface area contributed by atoms with Crippen LogP contribution in [0, 0.1) is 0 Å². The number of carbonyl (C=O) groups excluding carboxylic acids is 1. The molecule has 1 aromatic heterocycles. The highest BCUT2D eigenvalue weighted by molar-refractivity contribution is 7.99. The number of ketones is 1. The van der Waals surface area contributed by atoms with Gasteiger partial charge < -0.3 is 18.6 Å². The third-order valence-corrected chi connectivity index (χ3v) is 6.58. The SMILES string of the molecule is COc1cc(-c2nnc(SCC(=O)c3ccc4c(c3)-c3ccccc3C4)o2)cc(OC)c1OC. The number of methoxy groups -OCH3 is 3. The molecule has 7 nitrogen and oxygen atoms in total. The van der Waals surface area contributed by atoms with Gasteiger partial charge in [-0.3, -0.25) is 4.79 Å². The van der Waals surface area contributed by atoms with Crippen LogP contribution in [0.5, 0.6) is 17.2 Å². The van der Waals surface area contributed by atoms with E-state index in [2.05, 4.69) is 22.3 Å². The fraction of sp³-hybridized carbons (Fsp3) is 0.192. The topological polar surface area (TPSA) is 83.7 Å². The molecule has 0 fully saturated rings. The Morgan fingerprint density at radius 1 is 0.912 bits per heavy atom. The number of benzene rings is 3. The summed E-state index contributed by atoms with van der Waals surface area (Å²) in [4.78, 5) is 12.9. The van der Waals surface area contributed by atoms with Crippen molar-refractivity contribution in [2.24, 2.45) is 0 Å². The second kappa shape index (κ2) is 9.23. The van der Waals surface area contributed by atoms with E-state index in [1.165, 1.54) is 35.6 Å². The maximum atomic E-state index is 12.9. The first-order chi connectivity index (χ1) is 16.6. The van der Waals surface area contributed by atoms with Crippen LogP contribution in [0.2, 0.25) is 0 Å². The summed E-state index contributed by atoms with van der Waals surface area (Å²) >= 11 is 1.21. The van der Waals surface area contributed by atoms with Crippen molar-refractivity contribution >= 4 is 17.5 Å². The molecule has 0 spiro atoms. The van der Waals surface area contributed by atoms with Crippen LogP contribution in [-0.4, -0.2) is 43.1 Å². The van der Waals surface area contributed by atoms with Gasteiger partial charge >= 0.3 is 0 Å². The molecule has 0 saturated carbocycles. The Kier molecular flexibility index (Phi) is 5.98. The number of hydrogen-bond acceptors (Lipinski definition) is 8. The molecule has 0 bridgehead atoms. The van der Waals surface area contributed by atoms with Crippen LogP contribution in [0.4, 0.5) is 0 Å². The second-order valence-corrected chi connectivity index (χ2v) is 8.63. The van der Waals surface area contributed by atoms with Crippen LogP contribution < -0.4 is 14.2 Å². The molecule has 0 aliphatic heterocycles. The molecule has 34 heavy (non-hydrogen) atoms. The van der Waals surface area contributed by atoms with Crippen LogP contribution in [0.1, 0.15) is 21.5 Å². The number of ether oxygens (including phenoxy) is 3. The molecule has 0 amide bonds. The van der Waals surface area contributed by atoms with E-state index in [4.69, 9.17) is 18.6 Å². The second-order valence-electron chi connectivity index (χ2n) is 7.70. The number of carbonyl (C=O) groups is 1. The predicted octanol–water partition coefficient (Wildman–Crippen LogP) is 5.31. The molecule has 4 aromatic rings. The summed E-state index contributed by atoms with van der Waals surface area (Å²) in [5.41, 5.74) is 6.17. The Balaban J connectivity index is 1.31. The number of fused-ring (bicyclic) bond motifs is 3. The van der Waals surface area contributed by atoms with Crippen molar-refractivity contribution in [1.29, 1.82) is 0 Å². The zero-order valence-corrected chi connectivity index (χ0v) is 19.8. The molecular weight excluding hydrogens is 452 g/mol. The maximum Gasteiger partial charge on any atom is 0.277 e. The highest BCUT2D eigenvalue weighted by atomic mass is 32.2. The maximum absolute atomic E-state index is 12.9. The van der Waals surface area contributed by atoms with Crippen LogP contribution >= 0.6 is 11.8 Å². The normalized spacial score (nSPS) is 11.6. The summed E-state index contributed by atoms with van der Waals surface area (Å²) in [6.07, 6.45) is 0.903. The third-order valence-electron chi connectivity index (χ3n) is 5.77. The van der Waals surface area contributed by atoms with Gasteiger partial charge in [0.25, 0.3) is 5.22 Å². The lowest BCUT2D eigenvalue weighted by Crippen LogP contribution is -2.02. The number of Topliss-reactive ketones (excluding diaryl/α,β-unsaturated/α-hetero) is 1. The first kappa shape index (κ1) is 22.0. The van der Waals surface area contributed by atoms with E-state index < -0.39 is 0 Å². The quantitative estimate of drug-likeness (QED) is 0.221. The van der Waals surface area contributed by atoms with Crippen molar-refractivity contribution in [3.05, 3.63) is 71.3 Å². The summed E-state index contributed by atoms with van der Waals surface area (Å²) in [5, 5.41) is 8.50. The molecule has 8 heteroatoms. The standard InChI is InChI=1S/C26H22N2O5S/c1-30-22-12-18(13-23(31-2)24(22)32-3)25-27-28-26(33-25)34-14-21(29)17-9-8-16-10-15-6-4-5-7-19(15)20(16)11-17/h4-9,11-13H,10,14H2,1-3H3. The molecule has 1 aliphatic carbocycles. The highest BCUT2D eigenvalue weighted by Crippen LogP contribution is 2.41. The number of thioether (sulfide) groups is 1. The number of nitrogens with zero attached hydrogens (tertiary/aromatic N) is 2. The Hall–Kier alpha value is -3.78. The lowest BCUT2D eigenvalue weighted by molar-refractivity contribution is 0.102. The Labute approximate surface area is 201 Å². The van der Waals surface area contributed by atoms with Crippen LogP contribution in [0.25, 0.3) is 22.6 Å². The molecule has 0 unspecified atom stereocenters. The Bertz CT molecular complexity index is 1360. The average molecular weight is 475 g/mol. The van der Waals surface area contributed by atoms with Gasteiger partial charge in [0.05, 0.1) is 27.1 Å². The minimum atomic E-state index is 0.00437. The molecule has 0 saturated heterocycles. The number of rotatable bonds is 8. The smallest absolute Gasteiger partial charge is 0.277 e. The molecule has 0 radical (unpaired) electrons. The number of hydrogen-bond donors (Lipinski definition) is 0. The van der Waals surface area contributed by atoms with E-state index in [1.807, 2.05) is 30.3 Å². The monoisotopic (exact) mass is 474 g/mol. The van der Waals surface area contributed by atoms with Gasteiger partial charge in [0.15, 0.2) is 17.3 Å². The lowest BCUT2D eigenvalue weighted by Gasteiger charge is -2.12. The fourth-order valence-corrected chi connectivity index (χ4v) is 4.75. The molecule has 1 aliphatic rings. The summed E-state index contributed by atoms with van der Waals surface area (Å²) < 4.78 is 21.9. The van der Waals surface area contributed by atoms with Gasteiger partial charge in [-0.25, -0.2) is 0 Å². The van der Waals surface area contributed by atoms with E-state index in [1.54, 1.807) is 26.4 Å². The molecule has 0 atom stereocenters. The molecule has 172 valence electrons. The molecule has 3 aromatic carbocycles. The van der Waals surface area contributed by atoms with Crippen molar-refractivity contribution in [2.45, 2.75) is 11.6 Å². The highest BCUT2D eigenvalue weighted by Gasteiger charge is 2.21. The summed E-state index contributed by atoms with van der Waals surface area (Å²) in [5.74, 6) is 1.94. The first-order valence-electron chi connectivity index (χ1n) is 10.6. The van der Waals surface area contributed by atoms with Gasteiger partial charge in [0.2, 0.25) is 11.6 Å². The van der Waals surface area contributed by atoms with Gasteiger partial charge in [0, 0.05) is 11.1 Å². The van der Waals surface area contributed by atoms with Gasteiger partial charge in [-0.15, -0.1) is 10.2 Å². The minimum absolute atomic E-state index is 0.00437. The van der Waals surface area contributed by atoms with Crippen molar-refractivity contribution in [3.63, 3.8) is 0 Å². The van der Waals surface area contributed by atoms with E-state index in [-0.39, 0.29) is 11.5 Å². The van der Waals surface area contributed by atoms with Crippen molar-refractivity contribution in [3.8, 4) is 39.8 Å². The van der Waals surface area contributed by atoms with Crippen molar-refractivity contribution in [1.82, 2.24) is 10.2 Å².